The number of nitrogen functional groups attached to an aromatic ring is 1. The standard InChI is InChI=1S/C14H23FN4O/c1-4-9(2)19(3)6-5-18-13-7-10(14(17)20)12(16)8-11(13)15/h7-9,18H,4-6,16H2,1-3H3,(H2,17,20). The number of carbonyl (C=O) groups excluding carboxylic acids is 1. The van der Waals surface area contributed by atoms with E-state index in [1.807, 2.05) is 7.05 Å². The lowest BCUT2D eigenvalue weighted by Gasteiger charge is -2.23. The number of nitrogens with two attached hydrogens (primary N) is 2. The van der Waals surface area contributed by atoms with Crippen molar-refractivity contribution in [3.05, 3.63) is 23.5 Å². The van der Waals surface area contributed by atoms with Crippen LogP contribution < -0.4 is 16.8 Å². The van der Waals surface area contributed by atoms with Crippen LogP contribution in [0.2, 0.25) is 0 Å². The van der Waals surface area contributed by atoms with Crippen molar-refractivity contribution >= 4 is 17.3 Å². The van der Waals surface area contributed by atoms with Crippen molar-refractivity contribution in [3.8, 4) is 0 Å². The molecule has 0 aliphatic carbocycles. The molecule has 0 aliphatic heterocycles. The van der Waals surface area contributed by atoms with E-state index in [-0.39, 0.29) is 16.9 Å². The summed E-state index contributed by atoms with van der Waals surface area (Å²) in [4.78, 5) is 13.4. The van der Waals surface area contributed by atoms with Crippen LogP contribution in [-0.2, 0) is 0 Å². The van der Waals surface area contributed by atoms with Gasteiger partial charge in [-0.25, -0.2) is 4.39 Å². The van der Waals surface area contributed by atoms with Gasteiger partial charge < -0.3 is 21.7 Å². The summed E-state index contributed by atoms with van der Waals surface area (Å²) < 4.78 is 13.7. The van der Waals surface area contributed by atoms with Crippen LogP contribution in [0.4, 0.5) is 15.8 Å². The maximum atomic E-state index is 13.7. The first-order valence-electron chi connectivity index (χ1n) is 6.69. The van der Waals surface area contributed by atoms with Crippen molar-refractivity contribution in [2.75, 3.05) is 31.2 Å². The zero-order chi connectivity index (χ0) is 15.3. The molecule has 1 aromatic rings. The fourth-order valence-corrected chi connectivity index (χ4v) is 1.84. The number of rotatable bonds is 7. The van der Waals surface area contributed by atoms with Gasteiger partial charge in [0.15, 0.2) is 0 Å². The average molecular weight is 282 g/mol. The van der Waals surface area contributed by atoms with Gasteiger partial charge in [0.25, 0.3) is 5.91 Å². The molecule has 0 saturated heterocycles. The number of amides is 1. The van der Waals surface area contributed by atoms with Crippen molar-refractivity contribution in [2.24, 2.45) is 5.73 Å². The van der Waals surface area contributed by atoms with Crippen molar-refractivity contribution in [2.45, 2.75) is 26.3 Å². The number of hydrogen-bond donors (Lipinski definition) is 3. The lowest BCUT2D eigenvalue weighted by atomic mass is 10.1. The second-order valence-electron chi connectivity index (χ2n) is 4.95. The molecule has 20 heavy (non-hydrogen) atoms. The first-order valence-corrected chi connectivity index (χ1v) is 6.69. The van der Waals surface area contributed by atoms with E-state index < -0.39 is 11.7 Å². The van der Waals surface area contributed by atoms with E-state index in [2.05, 4.69) is 24.1 Å². The number of halogens is 1. The quantitative estimate of drug-likeness (QED) is 0.664. The molecular weight excluding hydrogens is 259 g/mol. The second kappa shape index (κ2) is 7.09. The molecule has 5 N–H and O–H groups in total. The summed E-state index contributed by atoms with van der Waals surface area (Å²) in [5, 5.41) is 2.97. The number of nitrogens with one attached hydrogen (secondary N) is 1. The maximum absolute atomic E-state index is 13.7. The van der Waals surface area contributed by atoms with Gasteiger partial charge in [-0.1, -0.05) is 6.92 Å². The molecule has 0 saturated carbocycles. The third kappa shape index (κ3) is 4.09. The molecule has 112 valence electrons. The molecule has 1 unspecified atom stereocenters. The van der Waals surface area contributed by atoms with Crippen LogP contribution in [0.3, 0.4) is 0 Å². The fourth-order valence-electron chi connectivity index (χ4n) is 1.84. The Morgan fingerprint density at radius 3 is 2.70 bits per heavy atom. The van der Waals surface area contributed by atoms with E-state index in [1.54, 1.807) is 0 Å². The Labute approximate surface area is 119 Å². The first kappa shape index (κ1) is 16.2. The predicted octanol–water partition coefficient (Wildman–Crippen LogP) is 1.65. The van der Waals surface area contributed by atoms with Gasteiger partial charge in [-0.05, 0) is 32.5 Å². The highest BCUT2D eigenvalue weighted by molar-refractivity contribution is 5.99. The summed E-state index contributed by atoms with van der Waals surface area (Å²) in [6, 6.07) is 2.94. The van der Waals surface area contributed by atoms with E-state index in [9.17, 15) is 9.18 Å². The maximum Gasteiger partial charge on any atom is 0.250 e. The van der Waals surface area contributed by atoms with Gasteiger partial charge >= 0.3 is 0 Å². The van der Waals surface area contributed by atoms with Crippen LogP contribution in [0.25, 0.3) is 0 Å². The summed E-state index contributed by atoms with van der Waals surface area (Å²) in [5.41, 5.74) is 11.2. The van der Waals surface area contributed by atoms with Gasteiger partial charge in [0.2, 0.25) is 0 Å². The predicted molar refractivity (Wildman–Crippen MR) is 80.2 cm³/mol. The van der Waals surface area contributed by atoms with E-state index in [1.165, 1.54) is 6.07 Å². The Balaban J connectivity index is 2.69. The largest absolute Gasteiger partial charge is 0.398 e. The zero-order valence-corrected chi connectivity index (χ0v) is 12.2. The van der Waals surface area contributed by atoms with Crippen molar-refractivity contribution < 1.29 is 9.18 Å². The lowest BCUT2D eigenvalue weighted by Crippen LogP contribution is -2.32. The molecule has 1 atom stereocenters. The molecule has 0 heterocycles. The molecule has 0 fully saturated rings. The van der Waals surface area contributed by atoms with Crippen LogP contribution in [0, 0.1) is 5.82 Å². The molecule has 1 amide bonds. The minimum Gasteiger partial charge on any atom is -0.398 e. The van der Waals surface area contributed by atoms with Gasteiger partial charge in [-0.2, -0.15) is 0 Å². The van der Waals surface area contributed by atoms with Crippen LogP contribution >= 0.6 is 0 Å². The van der Waals surface area contributed by atoms with Gasteiger partial charge in [0, 0.05) is 24.8 Å². The summed E-state index contributed by atoms with van der Waals surface area (Å²) in [5.74, 6) is -1.15. The van der Waals surface area contributed by atoms with Crippen molar-refractivity contribution in [3.63, 3.8) is 0 Å². The number of primary amides is 1. The molecule has 0 aromatic heterocycles. The minimum absolute atomic E-state index is 0.0530. The van der Waals surface area contributed by atoms with Crippen LogP contribution in [-0.4, -0.2) is 37.0 Å². The Hall–Kier alpha value is -1.82. The summed E-state index contributed by atoms with van der Waals surface area (Å²) in [6.07, 6.45) is 1.05. The number of likely N-dealkylation sites (N-methyl/N-ethyl adjacent to an activating group) is 1. The number of benzene rings is 1. The molecule has 0 bridgehead atoms. The molecule has 0 spiro atoms. The Bertz CT molecular complexity index is 478. The molecule has 0 radical (unpaired) electrons. The van der Waals surface area contributed by atoms with Crippen LogP contribution in [0.1, 0.15) is 30.6 Å². The number of hydrogen-bond acceptors (Lipinski definition) is 4. The van der Waals surface area contributed by atoms with Crippen LogP contribution in [0.5, 0.6) is 0 Å². The average Bonchev–Trinajstić information content (AvgIpc) is 2.39. The van der Waals surface area contributed by atoms with Gasteiger partial charge in [-0.15, -0.1) is 0 Å². The summed E-state index contributed by atoms with van der Waals surface area (Å²) in [7, 11) is 2.02. The van der Waals surface area contributed by atoms with Gasteiger partial charge in [-0.3, -0.25) is 4.79 Å². The molecular formula is C14H23FN4O. The van der Waals surface area contributed by atoms with Gasteiger partial charge in [0.1, 0.15) is 5.82 Å². The van der Waals surface area contributed by atoms with Crippen molar-refractivity contribution in [1.82, 2.24) is 4.90 Å². The number of nitrogens with zero attached hydrogens (tertiary/aromatic N) is 1. The smallest absolute Gasteiger partial charge is 0.250 e. The highest BCUT2D eigenvalue weighted by Crippen LogP contribution is 2.21. The SMILES string of the molecule is CCC(C)N(C)CCNc1cc(C(N)=O)c(N)cc1F. The molecule has 0 aliphatic rings. The normalized spacial score (nSPS) is 12.4. The summed E-state index contributed by atoms with van der Waals surface area (Å²) in [6.45, 7) is 5.59. The first-order chi connectivity index (χ1) is 9.36. The Morgan fingerprint density at radius 1 is 1.50 bits per heavy atom. The van der Waals surface area contributed by atoms with E-state index in [4.69, 9.17) is 11.5 Å². The summed E-state index contributed by atoms with van der Waals surface area (Å²) >= 11 is 0. The molecule has 1 rings (SSSR count). The number of anilines is 2. The van der Waals surface area contributed by atoms with Crippen molar-refractivity contribution in [1.29, 1.82) is 0 Å². The third-order valence-corrected chi connectivity index (χ3v) is 3.53. The highest BCUT2D eigenvalue weighted by atomic mass is 19.1. The molecule has 5 nitrogen and oxygen atoms in total. The highest BCUT2D eigenvalue weighted by Gasteiger charge is 2.12. The van der Waals surface area contributed by atoms with Gasteiger partial charge in [0.05, 0.1) is 11.3 Å². The van der Waals surface area contributed by atoms with E-state index in [0.717, 1.165) is 19.0 Å². The second-order valence-corrected chi connectivity index (χ2v) is 4.95. The third-order valence-electron chi connectivity index (χ3n) is 3.53. The topological polar surface area (TPSA) is 84.4 Å². The molecule has 1 aromatic carbocycles. The Kier molecular flexibility index (Phi) is 5.76. The lowest BCUT2D eigenvalue weighted by molar-refractivity contribution is 0.100. The fraction of sp³-hybridized carbons (Fsp3) is 0.500. The van der Waals surface area contributed by atoms with E-state index in [0.29, 0.717) is 12.6 Å². The monoisotopic (exact) mass is 282 g/mol. The van der Waals surface area contributed by atoms with E-state index >= 15 is 0 Å². The Morgan fingerprint density at radius 2 is 2.15 bits per heavy atom. The zero-order valence-electron chi connectivity index (χ0n) is 12.2. The minimum atomic E-state index is -0.665. The van der Waals surface area contributed by atoms with Crippen LogP contribution in [0.15, 0.2) is 12.1 Å². The number of carbonyl (C=O) groups is 1. The molecule has 6 heteroatoms.